The molecule has 1 aromatic rings. The summed E-state index contributed by atoms with van der Waals surface area (Å²) in [5.41, 5.74) is 1.84. The molecule has 0 radical (unpaired) electrons. The summed E-state index contributed by atoms with van der Waals surface area (Å²) in [6.07, 6.45) is 3.95. The van der Waals surface area contributed by atoms with Gasteiger partial charge in [0, 0.05) is 17.6 Å². The van der Waals surface area contributed by atoms with E-state index in [1.54, 1.807) is 0 Å². The van der Waals surface area contributed by atoms with Gasteiger partial charge >= 0.3 is 0 Å². The zero-order chi connectivity index (χ0) is 13.2. The molecule has 18 heavy (non-hydrogen) atoms. The van der Waals surface area contributed by atoms with E-state index in [0.29, 0.717) is 11.5 Å². The van der Waals surface area contributed by atoms with Crippen LogP contribution in [0.4, 0.5) is 0 Å². The minimum atomic E-state index is 0.526. The van der Waals surface area contributed by atoms with E-state index in [0.717, 1.165) is 17.5 Å². The maximum atomic E-state index is 5.89. The summed E-state index contributed by atoms with van der Waals surface area (Å²) in [4.78, 5) is 0. The molecule has 0 aromatic heterocycles. The van der Waals surface area contributed by atoms with Crippen molar-refractivity contribution in [1.82, 2.24) is 5.32 Å². The van der Waals surface area contributed by atoms with Gasteiger partial charge in [-0.2, -0.15) is 0 Å². The highest BCUT2D eigenvalue weighted by atomic mass is 35.5. The van der Waals surface area contributed by atoms with Gasteiger partial charge in [-0.15, -0.1) is 0 Å². The average molecular weight is 266 g/mol. The van der Waals surface area contributed by atoms with Crippen molar-refractivity contribution >= 4 is 11.6 Å². The lowest BCUT2D eigenvalue weighted by molar-refractivity contribution is 0.148. The SMILES string of the molecule is CC1CC(C)(C)CCC1NCc1ccc(Cl)cc1. The van der Waals surface area contributed by atoms with Gasteiger partial charge in [0.05, 0.1) is 0 Å². The fourth-order valence-electron chi connectivity index (χ4n) is 3.10. The Morgan fingerprint density at radius 3 is 2.56 bits per heavy atom. The second-order valence-corrected chi connectivity index (χ2v) is 6.93. The molecule has 1 N–H and O–H groups in total. The molecule has 1 nitrogen and oxygen atoms in total. The first-order valence-corrected chi connectivity index (χ1v) is 7.32. The Hall–Kier alpha value is -0.530. The highest BCUT2D eigenvalue weighted by Crippen LogP contribution is 2.38. The number of benzene rings is 1. The molecule has 1 aliphatic carbocycles. The fraction of sp³-hybridized carbons (Fsp3) is 0.625. The van der Waals surface area contributed by atoms with Gasteiger partial charge in [0.1, 0.15) is 0 Å². The Labute approximate surface area is 116 Å². The van der Waals surface area contributed by atoms with Crippen LogP contribution in [0.25, 0.3) is 0 Å². The van der Waals surface area contributed by atoms with Gasteiger partial charge in [-0.3, -0.25) is 0 Å². The van der Waals surface area contributed by atoms with Crippen molar-refractivity contribution in [3.63, 3.8) is 0 Å². The molecule has 1 aromatic carbocycles. The van der Waals surface area contributed by atoms with Gasteiger partial charge < -0.3 is 5.32 Å². The van der Waals surface area contributed by atoms with E-state index in [1.165, 1.54) is 24.8 Å². The van der Waals surface area contributed by atoms with Crippen LogP contribution in [0.3, 0.4) is 0 Å². The Bertz CT molecular complexity index is 383. The van der Waals surface area contributed by atoms with Crippen LogP contribution in [0.5, 0.6) is 0 Å². The van der Waals surface area contributed by atoms with Crippen LogP contribution in [-0.4, -0.2) is 6.04 Å². The summed E-state index contributed by atoms with van der Waals surface area (Å²) in [6.45, 7) is 8.10. The minimum absolute atomic E-state index is 0.526. The molecule has 2 rings (SSSR count). The second kappa shape index (κ2) is 5.63. The Morgan fingerprint density at radius 1 is 1.28 bits per heavy atom. The van der Waals surface area contributed by atoms with Crippen molar-refractivity contribution in [1.29, 1.82) is 0 Å². The smallest absolute Gasteiger partial charge is 0.0406 e. The van der Waals surface area contributed by atoms with Gasteiger partial charge in [0.15, 0.2) is 0 Å². The summed E-state index contributed by atoms with van der Waals surface area (Å²) in [5, 5.41) is 4.51. The molecule has 0 saturated heterocycles. The first-order valence-electron chi connectivity index (χ1n) is 6.94. The minimum Gasteiger partial charge on any atom is -0.310 e. The highest BCUT2D eigenvalue weighted by Gasteiger charge is 2.31. The van der Waals surface area contributed by atoms with Gasteiger partial charge in [-0.05, 0) is 48.3 Å². The van der Waals surface area contributed by atoms with Crippen molar-refractivity contribution in [3.8, 4) is 0 Å². The van der Waals surface area contributed by atoms with Gasteiger partial charge in [0.25, 0.3) is 0 Å². The largest absolute Gasteiger partial charge is 0.310 e. The molecule has 0 amide bonds. The molecule has 1 saturated carbocycles. The predicted octanol–water partition coefficient (Wildman–Crippen LogP) is 4.64. The van der Waals surface area contributed by atoms with Gasteiger partial charge in [-0.25, -0.2) is 0 Å². The molecule has 2 atom stereocenters. The number of rotatable bonds is 3. The Balaban J connectivity index is 1.85. The zero-order valence-electron chi connectivity index (χ0n) is 11.7. The zero-order valence-corrected chi connectivity index (χ0v) is 12.4. The lowest BCUT2D eigenvalue weighted by Gasteiger charge is -2.39. The van der Waals surface area contributed by atoms with E-state index >= 15 is 0 Å². The second-order valence-electron chi connectivity index (χ2n) is 6.50. The fourth-order valence-corrected chi connectivity index (χ4v) is 3.23. The Morgan fingerprint density at radius 2 is 1.94 bits per heavy atom. The van der Waals surface area contributed by atoms with Crippen molar-refractivity contribution < 1.29 is 0 Å². The van der Waals surface area contributed by atoms with Crippen LogP contribution in [0, 0.1) is 11.3 Å². The normalized spacial score (nSPS) is 27.1. The van der Waals surface area contributed by atoms with E-state index in [-0.39, 0.29) is 0 Å². The number of hydrogen-bond acceptors (Lipinski definition) is 1. The molecule has 0 heterocycles. The summed E-state index contributed by atoms with van der Waals surface area (Å²) >= 11 is 5.89. The molecule has 2 heteroatoms. The van der Waals surface area contributed by atoms with Crippen LogP contribution >= 0.6 is 11.6 Å². The molecule has 0 aliphatic heterocycles. The summed E-state index contributed by atoms with van der Waals surface area (Å²) in [7, 11) is 0. The predicted molar refractivity (Wildman–Crippen MR) is 78.9 cm³/mol. The third-order valence-electron chi connectivity index (χ3n) is 4.18. The van der Waals surface area contributed by atoms with Crippen LogP contribution < -0.4 is 5.32 Å². The first kappa shape index (κ1) is 13.9. The van der Waals surface area contributed by atoms with E-state index in [2.05, 4.69) is 38.2 Å². The van der Waals surface area contributed by atoms with Crippen LogP contribution in [0.2, 0.25) is 5.02 Å². The van der Waals surface area contributed by atoms with E-state index in [4.69, 9.17) is 11.6 Å². The summed E-state index contributed by atoms with van der Waals surface area (Å²) in [6, 6.07) is 8.80. The Kier molecular flexibility index (Phi) is 4.34. The van der Waals surface area contributed by atoms with E-state index in [1.807, 2.05) is 12.1 Å². The van der Waals surface area contributed by atoms with Crippen molar-refractivity contribution in [2.75, 3.05) is 0 Å². The number of nitrogens with one attached hydrogen (secondary N) is 1. The monoisotopic (exact) mass is 265 g/mol. The lowest BCUT2D eigenvalue weighted by Crippen LogP contribution is -2.41. The van der Waals surface area contributed by atoms with Gasteiger partial charge in [0.2, 0.25) is 0 Å². The summed E-state index contributed by atoms with van der Waals surface area (Å²) in [5.74, 6) is 0.765. The number of halogens is 1. The molecule has 2 unspecified atom stereocenters. The maximum absolute atomic E-state index is 5.89. The van der Waals surface area contributed by atoms with Crippen LogP contribution in [0.15, 0.2) is 24.3 Å². The quantitative estimate of drug-likeness (QED) is 0.839. The lowest BCUT2D eigenvalue weighted by atomic mass is 9.70. The third-order valence-corrected chi connectivity index (χ3v) is 4.43. The summed E-state index contributed by atoms with van der Waals surface area (Å²) < 4.78 is 0. The average Bonchev–Trinajstić information content (AvgIpc) is 2.29. The molecule has 100 valence electrons. The van der Waals surface area contributed by atoms with Crippen LogP contribution in [-0.2, 0) is 6.54 Å². The molecular weight excluding hydrogens is 242 g/mol. The highest BCUT2D eigenvalue weighted by molar-refractivity contribution is 6.30. The van der Waals surface area contributed by atoms with Crippen molar-refractivity contribution in [3.05, 3.63) is 34.9 Å². The molecule has 0 spiro atoms. The third kappa shape index (κ3) is 3.73. The van der Waals surface area contributed by atoms with Crippen molar-refractivity contribution in [2.24, 2.45) is 11.3 Å². The van der Waals surface area contributed by atoms with Gasteiger partial charge in [-0.1, -0.05) is 44.5 Å². The molecule has 0 bridgehead atoms. The molecule has 1 fully saturated rings. The van der Waals surface area contributed by atoms with Crippen LogP contribution in [0.1, 0.15) is 45.6 Å². The van der Waals surface area contributed by atoms with E-state index in [9.17, 15) is 0 Å². The number of hydrogen-bond donors (Lipinski definition) is 1. The van der Waals surface area contributed by atoms with Crippen molar-refractivity contribution in [2.45, 2.75) is 52.6 Å². The maximum Gasteiger partial charge on any atom is 0.0406 e. The standard InChI is InChI=1S/C16H24ClN/c1-12-10-16(2,3)9-8-15(12)18-11-13-4-6-14(17)7-5-13/h4-7,12,15,18H,8-11H2,1-3H3. The molecule has 1 aliphatic rings. The first-order chi connectivity index (χ1) is 8.46. The molecular formula is C16H24ClN. The topological polar surface area (TPSA) is 12.0 Å². The van der Waals surface area contributed by atoms with E-state index < -0.39 is 0 Å².